The summed E-state index contributed by atoms with van der Waals surface area (Å²) >= 11 is 0. The van der Waals surface area contributed by atoms with E-state index in [1.54, 1.807) is 12.1 Å². The van der Waals surface area contributed by atoms with Gasteiger partial charge in [-0.2, -0.15) is 0 Å². The fourth-order valence-electron chi connectivity index (χ4n) is 1.99. The summed E-state index contributed by atoms with van der Waals surface area (Å²) in [4.78, 5) is 0. The van der Waals surface area contributed by atoms with Gasteiger partial charge in [-0.05, 0) is 29.7 Å². The molecule has 1 aromatic rings. The Bertz CT molecular complexity index is 371. The summed E-state index contributed by atoms with van der Waals surface area (Å²) in [5.74, 6) is -0.0185. The minimum Gasteiger partial charge on any atom is -0.494 e. The largest absolute Gasteiger partial charge is 0.494 e. The highest BCUT2D eigenvalue weighted by Crippen LogP contribution is 2.34. The van der Waals surface area contributed by atoms with E-state index in [-0.39, 0.29) is 23.0 Å². The number of methoxy groups -OCH3 is 1. The van der Waals surface area contributed by atoms with Gasteiger partial charge in [-0.25, -0.2) is 4.39 Å². The van der Waals surface area contributed by atoms with Gasteiger partial charge in [0.2, 0.25) is 0 Å². The molecule has 0 heterocycles. The lowest BCUT2D eigenvalue weighted by molar-refractivity contribution is 0.275. The predicted octanol–water partition coefficient (Wildman–Crippen LogP) is 3.53. The standard InChI is InChI=1S/C14H22FNO/c1-6-16-13(14(2,3)4)10-7-8-12(17-5)11(15)9-10/h7-9,13,16H,6H2,1-5H3. The monoisotopic (exact) mass is 239 g/mol. The van der Waals surface area contributed by atoms with E-state index in [0.717, 1.165) is 12.1 Å². The van der Waals surface area contributed by atoms with Crippen LogP contribution in [0, 0.1) is 11.2 Å². The van der Waals surface area contributed by atoms with Gasteiger partial charge in [0.25, 0.3) is 0 Å². The van der Waals surface area contributed by atoms with Crippen molar-refractivity contribution in [1.29, 1.82) is 0 Å². The summed E-state index contributed by atoms with van der Waals surface area (Å²) in [5, 5.41) is 3.40. The summed E-state index contributed by atoms with van der Waals surface area (Å²) in [7, 11) is 1.48. The fraction of sp³-hybridized carbons (Fsp3) is 0.571. The van der Waals surface area contributed by atoms with E-state index >= 15 is 0 Å². The van der Waals surface area contributed by atoms with E-state index in [9.17, 15) is 4.39 Å². The normalized spacial score (nSPS) is 13.5. The maximum absolute atomic E-state index is 13.7. The molecular weight excluding hydrogens is 217 g/mol. The summed E-state index contributed by atoms with van der Waals surface area (Å²) in [6, 6.07) is 5.28. The van der Waals surface area contributed by atoms with E-state index in [2.05, 4.69) is 33.0 Å². The molecule has 0 saturated carbocycles. The molecule has 0 bridgehead atoms. The number of halogens is 1. The van der Waals surface area contributed by atoms with Crippen molar-refractivity contribution in [2.24, 2.45) is 5.41 Å². The first-order valence-corrected chi connectivity index (χ1v) is 5.97. The van der Waals surface area contributed by atoms with Gasteiger partial charge in [0.15, 0.2) is 11.6 Å². The molecule has 3 heteroatoms. The third kappa shape index (κ3) is 3.43. The Hall–Kier alpha value is -1.09. The van der Waals surface area contributed by atoms with Crippen LogP contribution in [0.3, 0.4) is 0 Å². The van der Waals surface area contributed by atoms with Crippen molar-refractivity contribution < 1.29 is 9.13 Å². The van der Waals surface area contributed by atoms with Crippen LogP contribution in [0.5, 0.6) is 5.75 Å². The lowest BCUT2D eigenvalue weighted by atomic mass is 9.82. The molecule has 0 aliphatic carbocycles. The van der Waals surface area contributed by atoms with Crippen molar-refractivity contribution in [3.63, 3.8) is 0 Å². The average Bonchev–Trinajstić information content (AvgIpc) is 2.24. The van der Waals surface area contributed by atoms with Crippen molar-refractivity contribution >= 4 is 0 Å². The second-order valence-corrected chi connectivity index (χ2v) is 5.25. The van der Waals surface area contributed by atoms with Crippen LogP contribution in [0.15, 0.2) is 18.2 Å². The molecule has 1 atom stereocenters. The van der Waals surface area contributed by atoms with Crippen molar-refractivity contribution in [2.45, 2.75) is 33.7 Å². The van der Waals surface area contributed by atoms with Crippen LogP contribution in [0.4, 0.5) is 4.39 Å². The SMILES string of the molecule is CCNC(c1ccc(OC)c(F)c1)C(C)(C)C. The zero-order chi connectivity index (χ0) is 13.1. The Morgan fingerprint density at radius 1 is 1.35 bits per heavy atom. The van der Waals surface area contributed by atoms with Crippen LogP contribution in [-0.2, 0) is 0 Å². The molecule has 0 fully saturated rings. The molecule has 0 saturated heterocycles. The van der Waals surface area contributed by atoms with E-state index in [1.807, 2.05) is 6.07 Å². The van der Waals surface area contributed by atoms with Gasteiger partial charge < -0.3 is 10.1 Å². The first-order chi connectivity index (χ1) is 7.90. The third-order valence-electron chi connectivity index (χ3n) is 2.78. The highest BCUT2D eigenvalue weighted by Gasteiger charge is 2.26. The second kappa shape index (κ2) is 5.50. The Morgan fingerprint density at radius 3 is 2.41 bits per heavy atom. The van der Waals surface area contributed by atoms with E-state index < -0.39 is 0 Å². The van der Waals surface area contributed by atoms with Crippen molar-refractivity contribution in [3.8, 4) is 5.75 Å². The number of ether oxygens (including phenoxy) is 1. The Morgan fingerprint density at radius 2 is 2.00 bits per heavy atom. The van der Waals surface area contributed by atoms with Gasteiger partial charge in [-0.1, -0.05) is 33.8 Å². The number of benzene rings is 1. The van der Waals surface area contributed by atoms with Gasteiger partial charge >= 0.3 is 0 Å². The highest BCUT2D eigenvalue weighted by molar-refractivity contribution is 5.31. The molecular formula is C14H22FNO. The smallest absolute Gasteiger partial charge is 0.165 e. The Kier molecular flexibility index (Phi) is 4.52. The zero-order valence-electron chi connectivity index (χ0n) is 11.3. The van der Waals surface area contributed by atoms with Crippen LogP contribution in [0.2, 0.25) is 0 Å². The average molecular weight is 239 g/mol. The fourth-order valence-corrected chi connectivity index (χ4v) is 1.99. The molecule has 0 aromatic heterocycles. The summed E-state index contributed by atoms with van der Waals surface area (Å²) in [5.41, 5.74) is 0.995. The van der Waals surface area contributed by atoms with Crippen molar-refractivity contribution in [1.82, 2.24) is 5.32 Å². The Balaban J connectivity index is 3.07. The number of hydrogen-bond acceptors (Lipinski definition) is 2. The molecule has 0 aliphatic heterocycles. The van der Waals surface area contributed by atoms with Gasteiger partial charge in [0, 0.05) is 6.04 Å². The molecule has 0 aliphatic rings. The molecule has 0 radical (unpaired) electrons. The molecule has 2 nitrogen and oxygen atoms in total. The molecule has 1 N–H and O–H groups in total. The zero-order valence-corrected chi connectivity index (χ0v) is 11.3. The molecule has 1 aromatic carbocycles. The molecule has 0 spiro atoms. The number of nitrogens with one attached hydrogen (secondary N) is 1. The molecule has 96 valence electrons. The minimum absolute atomic E-state index is 0.0387. The highest BCUT2D eigenvalue weighted by atomic mass is 19.1. The van der Waals surface area contributed by atoms with E-state index in [0.29, 0.717) is 0 Å². The lowest BCUT2D eigenvalue weighted by Crippen LogP contribution is -2.32. The van der Waals surface area contributed by atoms with Crippen LogP contribution >= 0.6 is 0 Å². The van der Waals surface area contributed by atoms with Crippen LogP contribution in [0.1, 0.15) is 39.3 Å². The first kappa shape index (κ1) is 14.0. The van der Waals surface area contributed by atoms with E-state index in [4.69, 9.17) is 4.74 Å². The quantitative estimate of drug-likeness (QED) is 0.868. The summed E-state index contributed by atoms with van der Waals surface area (Å²) < 4.78 is 18.6. The lowest BCUT2D eigenvalue weighted by Gasteiger charge is -2.32. The van der Waals surface area contributed by atoms with Gasteiger partial charge in [0.1, 0.15) is 0 Å². The van der Waals surface area contributed by atoms with Crippen LogP contribution < -0.4 is 10.1 Å². The Labute approximate surface area is 103 Å². The maximum Gasteiger partial charge on any atom is 0.165 e. The van der Waals surface area contributed by atoms with Crippen LogP contribution in [-0.4, -0.2) is 13.7 Å². The second-order valence-electron chi connectivity index (χ2n) is 5.25. The first-order valence-electron chi connectivity index (χ1n) is 5.97. The summed E-state index contributed by atoms with van der Waals surface area (Å²) in [6.45, 7) is 9.33. The van der Waals surface area contributed by atoms with Gasteiger partial charge in [-0.3, -0.25) is 0 Å². The van der Waals surface area contributed by atoms with Gasteiger partial charge in [-0.15, -0.1) is 0 Å². The maximum atomic E-state index is 13.7. The van der Waals surface area contributed by atoms with E-state index in [1.165, 1.54) is 7.11 Å². The minimum atomic E-state index is -0.308. The van der Waals surface area contributed by atoms with Crippen molar-refractivity contribution in [3.05, 3.63) is 29.6 Å². The predicted molar refractivity (Wildman–Crippen MR) is 68.8 cm³/mol. The van der Waals surface area contributed by atoms with Crippen LogP contribution in [0.25, 0.3) is 0 Å². The number of hydrogen-bond donors (Lipinski definition) is 1. The molecule has 0 amide bonds. The molecule has 1 unspecified atom stereocenters. The summed E-state index contributed by atoms with van der Waals surface area (Å²) in [6.07, 6.45) is 0. The van der Waals surface area contributed by atoms with Gasteiger partial charge in [0.05, 0.1) is 7.11 Å². The van der Waals surface area contributed by atoms with Crippen molar-refractivity contribution in [2.75, 3.05) is 13.7 Å². The molecule has 1 rings (SSSR count). The topological polar surface area (TPSA) is 21.3 Å². The number of rotatable bonds is 4. The molecule has 17 heavy (non-hydrogen) atoms. The third-order valence-corrected chi connectivity index (χ3v) is 2.78.